The zero-order valence-electron chi connectivity index (χ0n) is 11.8. The molecular weight excluding hydrogens is 291 g/mol. The highest BCUT2D eigenvalue weighted by atomic mass is 19.1. The van der Waals surface area contributed by atoms with Crippen molar-refractivity contribution in [2.24, 2.45) is 0 Å². The molecule has 0 N–H and O–H groups in total. The summed E-state index contributed by atoms with van der Waals surface area (Å²) in [5, 5.41) is 4.11. The summed E-state index contributed by atoms with van der Waals surface area (Å²) in [4.78, 5) is 36.9. The number of Topliss-reactive ketones (excluding diaryl/α,β-unsaturated/α-hetero) is 1. The number of benzene rings is 1. The fourth-order valence-electron chi connectivity index (χ4n) is 2.41. The van der Waals surface area contributed by atoms with Crippen LogP contribution in [-0.2, 0) is 17.9 Å². The first-order valence-electron chi connectivity index (χ1n) is 6.72. The second kappa shape index (κ2) is 5.21. The summed E-state index contributed by atoms with van der Waals surface area (Å²) in [7, 11) is 0. The van der Waals surface area contributed by atoms with Gasteiger partial charge in [0, 0.05) is 18.8 Å². The van der Waals surface area contributed by atoms with Crippen LogP contribution in [0.5, 0.6) is 0 Å². The largest absolute Gasteiger partial charge is 0.333 e. The van der Waals surface area contributed by atoms with E-state index in [1.54, 1.807) is 17.0 Å². The number of nitrogens with zero attached hydrogens (tertiary/aromatic N) is 4. The first-order valence-corrected chi connectivity index (χ1v) is 6.72. The molecule has 1 aliphatic heterocycles. The van der Waals surface area contributed by atoms with Crippen LogP contribution >= 0.6 is 0 Å². The minimum Gasteiger partial charge on any atom is -0.309 e. The van der Waals surface area contributed by atoms with Crippen molar-refractivity contribution in [3.63, 3.8) is 0 Å². The predicted molar refractivity (Wildman–Crippen MR) is 76.8 cm³/mol. The molecule has 0 saturated carbocycles. The average molecular weight is 304 g/mol. The van der Waals surface area contributed by atoms with Crippen molar-refractivity contribution in [1.29, 1.82) is 0 Å². The number of carbonyl (C=O) groups excluding carboxylic acids is 1. The minimum absolute atomic E-state index is 0.251. The topological polar surface area (TPSA) is 77.2 Å². The molecule has 1 aliphatic rings. The number of hydrogen-bond acceptors (Lipinski definition) is 5. The summed E-state index contributed by atoms with van der Waals surface area (Å²) in [5.41, 5.74) is -0.872. The van der Waals surface area contributed by atoms with E-state index in [-0.39, 0.29) is 24.1 Å². The smallest absolute Gasteiger partial charge is 0.309 e. The third kappa shape index (κ3) is 2.32. The summed E-state index contributed by atoms with van der Waals surface area (Å²) in [5.74, 6) is -0.363. The Morgan fingerprint density at radius 2 is 1.86 bits per heavy atom. The zero-order chi connectivity index (χ0) is 15.9. The maximum absolute atomic E-state index is 13.0. The van der Waals surface area contributed by atoms with Gasteiger partial charge in [0.15, 0.2) is 5.78 Å². The van der Waals surface area contributed by atoms with Crippen LogP contribution in [0.25, 0.3) is 0 Å². The van der Waals surface area contributed by atoms with E-state index in [0.29, 0.717) is 18.8 Å². The summed E-state index contributed by atoms with van der Waals surface area (Å²) in [6, 6.07) is 5.75. The van der Waals surface area contributed by atoms with Gasteiger partial charge in [0.05, 0.1) is 0 Å². The van der Waals surface area contributed by atoms with Gasteiger partial charge >= 0.3 is 11.1 Å². The number of halogens is 1. The van der Waals surface area contributed by atoms with E-state index in [2.05, 4.69) is 5.10 Å². The van der Waals surface area contributed by atoms with Gasteiger partial charge in [0.2, 0.25) is 5.95 Å². The molecule has 114 valence electrons. The molecule has 22 heavy (non-hydrogen) atoms. The lowest BCUT2D eigenvalue weighted by atomic mass is 10.3. The number of ketones is 1. The predicted octanol–water partition coefficient (Wildman–Crippen LogP) is 0.285. The lowest BCUT2D eigenvalue weighted by molar-refractivity contribution is -0.117. The second-order valence-electron chi connectivity index (χ2n) is 5.05. The van der Waals surface area contributed by atoms with Crippen LogP contribution in [0.3, 0.4) is 0 Å². The Morgan fingerprint density at radius 1 is 1.18 bits per heavy atom. The summed E-state index contributed by atoms with van der Waals surface area (Å²) >= 11 is 0. The highest BCUT2D eigenvalue weighted by molar-refractivity contribution is 5.75. The van der Waals surface area contributed by atoms with E-state index >= 15 is 0 Å². The Morgan fingerprint density at radius 3 is 2.50 bits per heavy atom. The van der Waals surface area contributed by atoms with E-state index in [1.807, 2.05) is 0 Å². The number of aromatic nitrogens is 3. The second-order valence-corrected chi connectivity index (χ2v) is 5.05. The average Bonchev–Trinajstić information content (AvgIpc) is 2.88. The van der Waals surface area contributed by atoms with E-state index in [1.165, 1.54) is 23.6 Å². The van der Waals surface area contributed by atoms with Crippen LogP contribution in [0, 0.1) is 5.82 Å². The third-order valence-electron chi connectivity index (χ3n) is 3.41. The van der Waals surface area contributed by atoms with Crippen LogP contribution in [0.15, 0.2) is 33.9 Å². The molecule has 1 aromatic carbocycles. The monoisotopic (exact) mass is 304 g/mol. The molecule has 0 aliphatic carbocycles. The molecule has 2 heterocycles. The van der Waals surface area contributed by atoms with Gasteiger partial charge < -0.3 is 4.90 Å². The van der Waals surface area contributed by atoms with Gasteiger partial charge in [-0.2, -0.15) is 0 Å². The normalized spacial score (nSPS) is 13.3. The number of rotatable bonds is 3. The Bertz CT molecular complexity index is 854. The fraction of sp³-hybridized carbons (Fsp3) is 0.286. The van der Waals surface area contributed by atoms with Gasteiger partial charge in [0.25, 0.3) is 0 Å². The highest BCUT2D eigenvalue weighted by Crippen LogP contribution is 2.26. The van der Waals surface area contributed by atoms with Gasteiger partial charge in [-0.25, -0.2) is 9.07 Å². The van der Waals surface area contributed by atoms with Crippen molar-refractivity contribution in [3.05, 3.63) is 50.8 Å². The lowest BCUT2D eigenvalue weighted by Crippen LogP contribution is -2.43. The summed E-state index contributed by atoms with van der Waals surface area (Å²) < 4.78 is 15.2. The van der Waals surface area contributed by atoms with Crippen molar-refractivity contribution in [2.75, 3.05) is 11.4 Å². The molecule has 8 heteroatoms. The molecule has 7 nitrogen and oxygen atoms in total. The number of anilines is 2. The van der Waals surface area contributed by atoms with Gasteiger partial charge in [0.1, 0.15) is 12.4 Å². The fourth-order valence-corrected chi connectivity index (χ4v) is 2.41. The quantitative estimate of drug-likeness (QED) is 0.762. The molecule has 2 aromatic rings. The molecule has 0 spiro atoms. The van der Waals surface area contributed by atoms with Crippen molar-refractivity contribution in [1.82, 2.24) is 14.3 Å². The van der Waals surface area contributed by atoms with Crippen LogP contribution in [0.1, 0.15) is 6.92 Å². The van der Waals surface area contributed by atoms with Crippen LogP contribution in [0.4, 0.5) is 16.0 Å². The summed E-state index contributed by atoms with van der Waals surface area (Å²) in [6.07, 6.45) is 0. The minimum atomic E-state index is -0.820. The van der Waals surface area contributed by atoms with Gasteiger partial charge in [-0.05, 0) is 31.2 Å². The van der Waals surface area contributed by atoms with Crippen LogP contribution < -0.4 is 16.0 Å². The molecule has 0 bridgehead atoms. The number of carbonyl (C=O) groups is 1. The first kappa shape index (κ1) is 14.2. The molecule has 0 atom stereocenters. The maximum Gasteiger partial charge on any atom is 0.333 e. The number of hydrogen-bond donors (Lipinski definition) is 0. The van der Waals surface area contributed by atoms with E-state index in [9.17, 15) is 18.8 Å². The van der Waals surface area contributed by atoms with Crippen molar-refractivity contribution >= 4 is 17.4 Å². The lowest BCUT2D eigenvalue weighted by Gasteiger charge is -2.17. The number of fused-ring (bicyclic) bond motifs is 1. The Labute approximate surface area is 124 Å². The molecule has 0 unspecified atom stereocenters. The summed E-state index contributed by atoms with van der Waals surface area (Å²) in [6.45, 7) is 1.82. The Kier molecular flexibility index (Phi) is 3.36. The standard InChI is InChI=1S/C14H13FN4O3/c1-9(20)8-19-13(22)12(21)18-7-6-17(14(18)16-19)11-4-2-10(15)3-5-11/h2-5H,6-8H2,1H3. The molecule has 0 fully saturated rings. The van der Waals surface area contributed by atoms with Crippen LogP contribution in [0.2, 0.25) is 0 Å². The van der Waals surface area contributed by atoms with Crippen molar-refractivity contribution < 1.29 is 9.18 Å². The first-order chi connectivity index (χ1) is 10.5. The molecular formula is C14H13FN4O3. The van der Waals surface area contributed by atoms with E-state index < -0.39 is 11.1 Å². The maximum atomic E-state index is 13.0. The van der Waals surface area contributed by atoms with Gasteiger partial charge in [-0.3, -0.25) is 19.0 Å². The van der Waals surface area contributed by atoms with Crippen molar-refractivity contribution in [2.45, 2.75) is 20.0 Å². The highest BCUT2D eigenvalue weighted by Gasteiger charge is 2.26. The molecule has 1 aromatic heterocycles. The molecule has 0 amide bonds. The zero-order valence-corrected chi connectivity index (χ0v) is 11.8. The van der Waals surface area contributed by atoms with Gasteiger partial charge in [-0.1, -0.05) is 0 Å². The van der Waals surface area contributed by atoms with Crippen LogP contribution in [-0.4, -0.2) is 26.7 Å². The molecule has 0 saturated heterocycles. The Hall–Kier alpha value is -2.77. The molecule has 0 radical (unpaired) electrons. The van der Waals surface area contributed by atoms with Gasteiger partial charge in [-0.15, -0.1) is 5.10 Å². The van der Waals surface area contributed by atoms with E-state index in [0.717, 1.165) is 4.68 Å². The van der Waals surface area contributed by atoms with E-state index in [4.69, 9.17) is 0 Å². The Balaban J connectivity index is 2.11. The SMILES string of the molecule is CC(=O)Cn1nc2n(c(=O)c1=O)CCN2c1ccc(F)cc1. The van der Waals surface area contributed by atoms with Crippen molar-refractivity contribution in [3.8, 4) is 0 Å². The molecule has 3 rings (SSSR count). The third-order valence-corrected chi connectivity index (χ3v) is 3.41.